The van der Waals surface area contributed by atoms with E-state index in [4.69, 9.17) is 0 Å². The van der Waals surface area contributed by atoms with E-state index in [1.54, 1.807) is 0 Å². The minimum atomic E-state index is -1.06. The Balaban J connectivity index is 2.50. The third-order valence-corrected chi connectivity index (χ3v) is 9.14. The molecule has 1 aliphatic heterocycles. The van der Waals surface area contributed by atoms with Crippen LogP contribution in [0, 0.1) is 0 Å². The Morgan fingerprint density at radius 1 is 1.06 bits per heavy atom. The first-order valence-corrected chi connectivity index (χ1v) is 9.82. The quantitative estimate of drug-likeness (QED) is 0.577. The minimum absolute atomic E-state index is 1.06. The highest BCUT2D eigenvalue weighted by molar-refractivity contribution is 6.84. The van der Waals surface area contributed by atoms with Gasteiger partial charge in [-0.2, -0.15) is 0 Å². The van der Waals surface area contributed by atoms with Crippen molar-refractivity contribution >= 4 is 8.07 Å². The average molecular weight is 239 g/mol. The fourth-order valence-electron chi connectivity index (χ4n) is 2.96. The Hall–Kier alpha value is -0.0831. The van der Waals surface area contributed by atoms with Crippen molar-refractivity contribution in [3.8, 4) is 0 Å². The van der Waals surface area contributed by atoms with Gasteiger partial charge in [-0.05, 0) is 39.0 Å². The van der Waals surface area contributed by atoms with Gasteiger partial charge in [-0.25, -0.2) is 0 Å². The summed E-state index contributed by atoms with van der Waals surface area (Å²) < 4.78 is 0. The molecular formula is C14H29NSi. The molecule has 0 aromatic carbocycles. The van der Waals surface area contributed by atoms with E-state index in [0.29, 0.717) is 0 Å². The molecule has 0 aliphatic carbocycles. The third-order valence-electron chi connectivity index (χ3n) is 3.89. The molecule has 1 nitrogen and oxygen atoms in total. The molecule has 0 bridgehead atoms. The monoisotopic (exact) mass is 239 g/mol. The van der Waals surface area contributed by atoms with Crippen molar-refractivity contribution in [2.45, 2.75) is 58.2 Å². The summed E-state index contributed by atoms with van der Waals surface area (Å²) in [7, 11) is -1.06. The minimum Gasteiger partial charge on any atom is -0.304 e. The summed E-state index contributed by atoms with van der Waals surface area (Å²) in [5.74, 6) is 0. The molecule has 0 amide bonds. The molecule has 0 radical (unpaired) electrons. The van der Waals surface area contributed by atoms with Crippen molar-refractivity contribution in [3.05, 3.63) is 11.8 Å². The third kappa shape index (κ3) is 4.06. The fraction of sp³-hybridized carbons (Fsp3) is 0.857. The van der Waals surface area contributed by atoms with E-state index >= 15 is 0 Å². The second-order valence-corrected chi connectivity index (χ2v) is 9.87. The fourth-order valence-corrected chi connectivity index (χ4v) is 7.67. The summed E-state index contributed by atoms with van der Waals surface area (Å²) in [4.78, 5) is 2.64. The molecule has 2 heteroatoms. The van der Waals surface area contributed by atoms with Gasteiger partial charge in [-0.1, -0.05) is 50.6 Å². The van der Waals surface area contributed by atoms with Crippen LogP contribution in [0.2, 0.25) is 18.1 Å². The maximum atomic E-state index is 2.64. The molecule has 0 spiro atoms. The van der Waals surface area contributed by atoms with E-state index in [0.717, 1.165) is 0 Å². The maximum Gasteiger partial charge on any atom is 0.0786 e. The van der Waals surface area contributed by atoms with E-state index in [1.165, 1.54) is 57.0 Å². The standard InChI is InChI=1S/C14H29NSi/c1-4-11-16(12-5-2,13-6-3)14-10-15-8-7-9-15/h4,11H,5-10,12-14H2,1-3H3. The van der Waals surface area contributed by atoms with Gasteiger partial charge in [0, 0.05) is 0 Å². The number of hydrogen-bond acceptors (Lipinski definition) is 1. The second-order valence-electron chi connectivity index (χ2n) is 5.31. The molecule has 94 valence electrons. The summed E-state index contributed by atoms with van der Waals surface area (Å²) >= 11 is 0. The molecule has 1 fully saturated rings. The van der Waals surface area contributed by atoms with Crippen molar-refractivity contribution in [1.82, 2.24) is 4.90 Å². The molecule has 0 unspecified atom stereocenters. The Bertz CT molecular complexity index is 203. The van der Waals surface area contributed by atoms with Gasteiger partial charge in [0.1, 0.15) is 0 Å². The van der Waals surface area contributed by atoms with Gasteiger partial charge < -0.3 is 4.90 Å². The van der Waals surface area contributed by atoms with Gasteiger partial charge in [-0.3, -0.25) is 0 Å². The largest absolute Gasteiger partial charge is 0.304 e. The summed E-state index contributed by atoms with van der Waals surface area (Å²) in [6, 6.07) is 4.50. The van der Waals surface area contributed by atoms with Gasteiger partial charge in [0.05, 0.1) is 8.07 Å². The van der Waals surface area contributed by atoms with E-state index < -0.39 is 8.07 Å². The Labute approximate surface area is 103 Å². The Morgan fingerprint density at radius 3 is 2.06 bits per heavy atom. The van der Waals surface area contributed by atoms with Crippen LogP contribution in [0.15, 0.2) is 11.8 Å². The smallest absolute Gasteiger partial charge is 0.0786 e. The lowest BCUT2D eigenvalue weighted by Crippen LogP contribution is -2.42. The molecule has 1 saturated heterocycles. The zero-order valence-corrected chi connectivity index (χ0v) is 12.5. The second kappa shape index (κ2) is 7.28. The van der Waals surface area contributed by atoms with Gasteiger partial charge in [0.2, 0.25) is 0 Å². The van der Waals surface area contributed by atoms with E-state index in [9.17, 15) is 0 Å². The summed E-state index contributed by atoms with van der Waals surface area (Å²) in [6.07, 6.45) is 6.50. The number of nitrogens with zero attached hydrogens (tertiary/aromatic N) is 1. The van der Waals surface area contributed by atoms with Crippen molar-refractivity contribution in [2.75, 3.05) is 19.6 Å². The maximum absolute atomic E-state index is 2.64. The van der Waals surface area contributed by atoms with Crippen molar-refractivity contribution in [3.63, 3.8) is 0 Å². The Kier molecular flexibility index (Phi) is 6.36. The lowest BCUT2D eigenvalue weighted by molar-refractivity contribution is 0.191. The van der Waals surface area contributed by atoms with Crippen LogP contribution in [0.25, 0.3) is 0 Å². The zero-order valence-electron chi connectivity index (χ0n) is 11.5. The van der Waals surface area contributed by atoms with Crippen molar-refractivity contribution in [2.24, 2.45) is 0 Å². The first-order valence-electron chi connectivity index (χ1n) is 7.12. The molecule has 0 aromatic rings. The normalized spacial score (nSPS) is 17.9. The van der Waals surface area contributed by atoms with Crippen LogP contribution < -0.4 is 0 Å². The SMILES string of the molecule is CC=C[Si](CCC)(CCC)CCN1CCC1. The van der Waals surface area contributed by atoms with Crippen molar-refractivity contribution in [1.29, 1.82) is 0 Å². The number of rotatable bonds is 8. The molecule has 1 aliphatic rings. The predicted octanol–water partition coefficient (Wildman–Crippen LogP) is 4.08. The molecule has 1 heterocycles. The Morgan fingerprint density at radius 2 is 1.69 bits per heavy atom. The van der Waals surface area contributed by atoms with E-state index in [-0.39, 0.29) is 0 Å². The van der Waals surface area contributed by atoms with Gasteiger partial charge in [-0.15, -0.1) is 0 Å². The number of allylic oxidation sites excluding steroid dienone is 1. The molecular weight excluding hydrogens is 210 g/mol. The number of hydrogen-bond donors (Lipinski definition) is 0. The van der Waals surface area contributed by atoms with Crippen LogP contribution in [-0.4, -0.2) is 32.6 Å². The highest BCUT2D eigenvalue weighted by Gasteiger charge is 2.29. The molecule has 1 rings (SSSR count). The van der Waals surface area contributed by atoms with Gasteiger partial charge in [0.25, 0.3) is 0 Å². The molecule has 0 atom stereocenters. The first kappa shape index (κ1) is 14.0. The van der Waals surface area contributed by atoms with E-state index in [1.807, 2.05) is 0 Å². The summed E-state index contributed by atoms with van der Waals surface area (Å²) in [5.41, 5.74) is 2.62. The predicted molar refractivity (Wildman–Crippen MR) is 76.6 cm³/mol. The lowest BCUT2D eigenvalue weighted by atomic mass is 10.2. The number of likely N-dealkylation sites (tertiary alicyclic amines) is 1. The van der Waals surface area contributed by atoms with Crippen LogP contribution in [0.4, 0.5) is 0 Å². The first-order chi connectivity index (χ1) is 7.76. The van der Waals surface area contributed by atoms with Crippen LogP contribution in [0.1, 0.15) is 40.0 Å². The van der Waals surface area contributed by atoms with Gasteiger partial charge in [0.15, 0.2) is 0 Å². The highest BCUT2D eigenvalue weighted by atomic mass is 28.3. The van der Waals surface area contributed by atoms with Crippen LogP contribution in [0.3, 0.4) is 0 Å². The molecule has 0 saturated carbocycles. The summed E-state index contributed by atoms with van der Waals surface area (Å²) in [6.45, 7) is 11.0. The molecule has 16 heavy (non-hydrogen) atoms. The lowest BCUT2D eigenvalue weighted by Gasteiger charge is -2.35. The van der Waals surface area contributed by atoms with Crippen LogP contribution >= 0.6 is 0 Å². The zero-order chi connectivity index (χ0) is 11.9. The molecule has 0 aromatic heterocycles. The topological polar surface area (TPSA) is 3.24 Å². The summed E-state index contributed by atoms with van der Waals surface area (Å²) in [5, 5.41) is 0. The highest BCUT2D eigenvalue weighted by Crippen LogP contribution is 2.27. The average Bonchev–Trinajstić information content (AvgIpc) is 2.16. The van der Waals surface area contributed by atoms with Crippen LogP contribution in [-0.2, 0) is 0 Å². The van der Waals surface area contributed by atoms with Crippen LogP contribution in [0.5, 0.6) is 0 Å². The van der Waals surface area contributed by atoms with E-state index in [2.05, 4.69) is 37.4 Å². The van der Waals surface area contributed by atoms with Crippen molar-refractivity contribution < 1.29 is 0 Å². The molecule has 0 N–H and O–H groups in total. The van der Waals surface area contributed by atoms with Gasteiger partial charge >= 0.3 is 0 Å².